The summed E-state index contributed by atoms with van der Waals surface area (Å²) in [4.78, 5) is 10.4. The van der Waals surface area contributed by atoms with Crippen LogP contribution in [0.2, 0.25) is 0 Å². The van der Waals surface area contributed by atoms with Gasteiger partial charge in [-0.25, -0.2) is 10.0 Å². The number of rotatable bonds is 1. The Bertz CT molecular complexity index is 337. The van der Waals surface area contributed by atoms with Gasteiger partial charge in [-0.1, -0.05) is 18.9 Å². The Labute approximate surface area is 96.4 Å². The molecule has 1 saturated carbocycles. The standard InChI is InChI=1S/C13H18N2O/c1-2-6-12-9-8-11(5-1)15(16-12)13-7-3-4-10-14-13/h3-4,7,10-12H,1-2,5-6,8-9H2/t11-,12+/m1/s1. The first-order chi connectivity index (χ1) is 7.93. The number of hydroxylamine groups is 1. The van der Waals surface area contributed by atoms with Crippen LogP contribution in [0.3, 0.4) is 0 Å². The molecule has 3 aliphatic rings. The molecule has 0 unspecified atom stereocenters. The summed E-state index contributed by atoms with van der Waals surface area (Å²) in [5.74, 6) is 0.971. The summed E-state index contributed by atoms with van der Waals surface area (Å²) in [6.45, 7) is 0. The fourth-order valence-corrected chi connectivity index (χ4v) is 2.73. The van der Waals surface area contributed by atoms with E-state index in [9.17, 15) is 0 Å². The Morgan fingerprint density at radius 1 is 1.12 bits per heavy atom. The maximum atomic E-state index is 6.05. The third-order valence-electron chi connectivity index (χ3n) is 3.60. The van der Waals surface area contributed by atoms with Gasteiger partial charge in [0.05, 0.1) is 12.1 Å². The third-order valence-corrected chi connectivity index (χ3v) is 3.60. The summed E-state index contributed by atoms with van der Waals surface area (Å²) in [6.07, 6.45) is 9.81. The molecule has 0 aromatic carbocycles. The Balaban J connectivity index is 1.84. The summed E-state index contributed by atoms with van der Waals surface area (Å²) in [5.41, 5.74) is 0. The van der Waals surface area contributed by atoms with E-state index in [0.717, 1.165) is 5.82 Å². The Kier molecular flexibility index (Phi) is 2.79. The summed E-state index contributed by atoms with van der Waals surface area (Å²) in [7, 11) is 0. The predicted octanol–water partition coefficient (Wildman–Crippen LogP) is 2.92. The van der Waals surface area contributed by atoms with Gasteiger partial charge in [0, 0.05) is 6.20 Å². The van der Waals surface area contributed by atoms with Gasteiger partial charge in [0.2, 0.25) is 0 Å². The lowest BCUT2D eigenvalue weighted by Crippen LogP contribution is -2.45. The van der Waals surface area contributed by atoms with Crippen molar-refractivity contribution in [2.75, 3.05) is 5.06 Å². The zero-order chi connectivity index (χ0) is 10.8. The monoisotopic (exact) mass is 218 g/mol. The van der Waals surface area contributed by atoms with Crippen LogP contribution in [-0.2, 0) is 4.84 Å². The number of fused-ring (bicyclic) bond motifs is 5. The highest BCUT2D eigenvalue weighted by atomic mass is 16.7. The summed E-state index contributed by atoms with van der Waals surface area (Å²) < 4.78 is 0. The first-order valence-electron chi connectivity index (χ1n) is 6.30. The fourth-order valence-electron chi connectivity index (χ4n) is 2.73. The molecule has 2 atom stereocenters. The van der Waals surface area contributed by atoms with E-state index in [-0.39, 0.29) is 0 Å². The maximum Gasteiger partial charge on any atom is 0.152 e. The fraction of sp³-hybridized carbons (Fsp3) is 0.615. The minimum absolute atomic E-state index is 0.415. The van der Waals surface area contributed by atoms with E-state index < -0.39 is 0 Å². The second kappa shape index (κ2) is 4.42. The van der Waals surface area contributed by atoms with E-state index in [2.05, 4.69) is 10.0 Å². The average Bonchev–Trinajstić information content (AvgIpc) is 2.30. The van der Waals surface area contributed by atoms with Crippen LogP contribution in [0.4, 0.5) is 5.82 Å². The lowest BCUT2D eigenvalue weighted by molar-refractivity contribution is -0.0382. The predicted molar refractivity (Wildman–Crippen MR) is 63.1 cm³/mol. The van der Waals surface area contributed by atoms with Crippen molar-refractivity contribution in [3.8, 4) is 0 Å². The van der Waals surface area contributed by atoms with Crippen molar-refractivity contribution in [3.05, 3.63) is 24.4 Å². The Morgan fingerprint density at radius 3 is 2.94 bits per heavy atom. The molecule has 3 nitrogen and oxygen atoms in total. The zero-order valence-corrected chi connectivity index (χ0v) is 9.51. The van der Waals surface area contributed by atoms with Crippen molar-refractivity contribution < 1.29 is 4.84 Å². The first-order valence-corrected chi connectivity index (χ1v) is 6.30. The molecule has 4 rings (SSSR count). The number of pyridine rings is 1. The van der Waals surface area contributed by atoms with Crippen LogP contribution in [0.5, 0.6) is 0 Å². The van der Waals surface area contributed by atoms with Crippen molar-refractivity contribution in [2.24, 2.45) is 0 Å². The number of aromatic nitrogens is 1. The van der Waals surface area contributed by atoms with Gasteiger partial charge in [-0.2, -0.15) is 0 Å². The van der Waals surface area contributed by atoms with Crippen LogP contribution in [0.1, 0.15) is 38.5 Å². The van der Waals surface area contributed by atoms with Crippen LogP contribution >= 0.6 is 0 Å². The van der Waals surface area contributed by atoms with E-state index in [1.165, 1.54) is 38.5 Å². The molecule has 1 aliphatic carbocycles. The van der Waals surface area contributed by atoms with E-state index in [1.54, 1.807) is 0 Å². The van der Waals surface area contributed by atoms with Gasteiger partial charge in [-0.3, -0.25) is 4.84 Å². The van der Waals surface area contributed by atoms with Crippen LogP contribution in [0.25, 0.3) is 0 Å². The summed E-state index contributed by atoms with van der Waals surface area (Å²) in [6, 6.07) is 6.55. The van der Waals surface area contributed by atoms with E-state index in [4.69, 9.17) is 4.84 Å². The lowest BCUT2D eigenvalue weighted by atomic mass is 9.93. The normalized spacial score (nSPS) is 29.9. The van der Waals surface area contributed by atoms with Crippen molar-refractivity contribution in [1.29, 1.82) is 0 Å². The van der Waals surface area contributed by atoms with Crippen molar-refractivity contribution in [2.45, 2.75) is 50.7 Å². The SMILES string of the molecule is c1ccc(N2O[C@H]3CCCC[C@@H]2CC3)nc1. The van der Waals surface area contributed by atoms with Gasteiger partial charge in [-0.05, 0) is 37.8 Å². The number of anilines is 1. The highest BCUT2D eigenvalue weighted by Crippen LogP contribution is 2.32. The molecule has 16 heavy (non-hydrogen) atoms. The molecule has 86 valence electrons. The smallest absolute Gasteiger partial charge is 0.152 e. The largest absolute Gasteiger partial charge is 0.268 e. The molecule has 3 heteroatoms. The van der Waals surface area contributed by atoms with Crippen molar-refractivity contribution >= 4 is 5.82 Å². The second-order valence-corrected chi connectivity index (χ2v) is 4.76. The molecule has 0 radical (unpaired) electrons. The number of hydrogen-bond acceptors (Lipinski definition) is 3. The summed E-state index contributed by atoms with van der Waals surface area (Å²) >= 11 is 0. The molecular formula is C13H18N2O. The van der Waals surface area contributed by atoms with Crippen LogP contribution in [-0.4, -0.2) is 17.1 Å². The van der Waals surface area contributed by atoms with Crippen molar-refractivity contribution in [1.82, 2.24) is 4.98 Å². The van der Waals surface area contributed by atoms with Gasteiger partial charge in [0.15, 0.2) is 5.82 Å². The highest BCUT2D eigenvalue weighted by molar-refractivity contribution is 5.36. The molecular weight excluding hydrogens is 200 g/mol. The quantitative estimate of drug-likeness (QED) is 0.724. The Morgan fingerprint density at radius 2 is 2.06 bits per heavy atom. The third kappa shape index (κ3) is 1.92. The lowest BCUT2D eigenvalue weighted by Gasteiger charge is -2.41. The molecule has 0 N–H and O–H groups in total. The maximum absolute atomic E-state index is 6.05. The highest BCUT2D eigenvalue weighted by Gasteiger charge is 2.31. The molecule has 3 heterocycles. The Hall–Kier alpha value is -1.09. The van der Waals surface area contributed by atoms with Gasteiger partial charge < -0.3 is 0 Å². The van der Waals surface area contributed by atoms with Gasteiger partial charge in [0.25, 0.3) is 0 Å². The van der Waals surface area contributed by atoms with E-state index in [0.29, 0.717) is 12.1 Å². The van der Waals surface area contributed by atoms with Gasteiger partial charge in [0.1, 0.15) is 0 Å². The molecule has 3 fully saturated rings. The van der Waals surface area contributed by atoms with Crippen LogP contribution in [0.15, 0.2) is 24.4 Å². The molecule has 2 aliphatic heterocycles. The summed E-state index contributed by atoms with van der Waals surface area (Å²) in [5, 5.41) is 2.06. The van der Waals surface area contributed by atoms with Crippen LogP contribution in [0, 0.1) is 0 Å². The number of nitrogens with zero attached hydrogens (tertiary/aromatic N) is 2. The average molecular weight is 218 g/mol. The van der Waals surface area contributed by atoms with Crippen LogP contribution < -0.4 is 5.06 Å². The first kappa shape index (κ1) is 10.1. The molecule has 2 bridgehead atoms. The van der Waals surface area contributed by atoms with Gasteiger partial charge >= 0.3 is 0 Å². The minimum Gasteiger partial charge on any atom is -0.268 e. The number of hydrogen-bond donors (Lipinski definition) is 0. The minimum atomic E-state index is 0.415. The van der Waals surface area contributed by atoms with E-state index >= 15 is 0 Å². The van der Waals surface area contributed by atoms with E-state index in [1.807, 2.05) is 24.4 Å². The molecule has 0 amide bonds. The molecule has 2 saturated heterocycles. The van der Waals surface area contributed by atoms with Crippen molar-refractivity contribution in [3.63, 3.8) is 0 Å². The second-order valence-electron chi connectivity index (χ2n) is 4.76. The molecule has 0 spiro atoms. The molecule has 1 aromatic rings. The topological polar surface area (TPSA) is 25.4 Å². The molecule has 1 aromatic heterocycles. The van der Waals surface area contributed by atoms with Gasteiger partial charge in [-0.15, -0.1) is 0 Å². The zero-order valence-electron chi connectivity index (χ0n) is 9.51.